The van der Waals surface area contributed by atoms with Gasteiger partial charge in [0.2, 0.25) is 0 Å². The molecule has 156 valence electrons. The van der Waals surface area contributed by atoms with Gasteiger partial charge in [-0.15, -0.1) is 0 Å². The Morgan fingerprint density at radius 2 is 2.06 bits per heavy atom. The zero-order valence-corrected chi connectivity index (χ0v) is 17.4. The van der Waals surface area contributed by atoms with Crippen LogP contribution in [0, 0.1) is 5.92 Å². The summed E-state index contributed by atoms with van der Waals surface area (Å²) in [7, 11) is 0. The Kier molecular flexibility index (Phi) is 4.57. The molecule has 1 aliphatic carbocycles. The zero-order chi connectivity index (χ0) is 20.6. The Balaban J connectivity index is 1.17. The van der Waals surface area contributed by atoms with E-state index in [1.807, 2.05) is 24.7 Å². The monoisotopic (exact) mass is 410 g/mol. The van der Waals surface area contributed by atoms with Crippen molar-refractivity contribution in [3.8, 4) is 11.3 Å². The third-order valence-electron chi connectivity index (χ3n) is 6.47. The van der Waals surface area contributed by atoms with Gasteiger partial charge in [0.05, 0.1) is 23.7 Å². The van der Waals surface area contributed by atoms with Crippen LogP contribution in [0.2, 0.25) is 0 Å². The van der Waals surface area contributed by atoms with Gasteiger partial charge in [-0.3, -0.25) is 5.10 Å². The SMILES string of the molecule is c1cc(-c2cn(Cc3ccc4cc(CNCC5CCC5)[nH]c4c3)cn2)c2cn[nH]c2c1. The maximum Gasteiger partial charge on any atom is 0.0956 e. The topological polar surface area (TPSA) is 74.3 Å². The molecule has 0 amide bonds. The second kappa shape index (κ2) is 7.71. The Labute approximate surface area is 180 Å². The Morgan fingerprint density at radius 3 is 2.97 bits per heavy atom. The summed E-state index contributed by atoms with van der Waals surface area (Å²) in [6, 6.07) is 15.1. The first-order valence-corrected chi connectivity index (χ1v) is 11.1. The first kappa shape index (κ1) is 18.4. The van der Waals surface area contributed by atoms with Crippen molar-refractivity contribution >= 4 is 21.8 Å². The van der Waals surface area contributed by atoms with Crippen molar-refractivity contribution in [3.63, 3.8) is 0 Å². The standard InChI is InChI=1S/C25H26N6/c1-3-17(4-1)11-26-12-20-10-19-8-7-18(9-24(19)29-20)14-31-15-25(27-16-31)21-5-2-6-23-22(21)13-28-30-23/h2,5-10,13,15-17,26,29H,1,3-4,11-12,14H2,(H,28,30). The molecule has 3 N–H and O–H groups in total. The van der Waals surface area contributed by atoms with E-state index in [1.165, 1.54) is 41.4 Å². The second-order valence-electron chi connectivity index (χ2n) is 8.71. The summed E-state index contributed by atoms with van der Waals surface area (Å²) in [5.41, 5.74) is 6.80. The molecule has 6 rings (SSSR count). The number of nitrogens with one attached hydrogen (secondary N) is 3. The number of imidazole rings is 1. The van der Waals surface area contributed by atoms with Crippen LogP contribution in [0.5, 0.6) is 0 Å². The van der Waals surface area contributed by atoms with E-state index in [4.69, 9.17) is 0 Å². The third-order valence-corrected chi connectivity index (χ3v) is 6.47. The molecule has 6 heteroatoms. The van der Waals surface area contributed by atoms with Gasteiger partial charge in [0, 0.05) is 41.4 Å². The summed E-state index contributed by atoms with van der Waals surface area (Å²) in [5, 5.41) is 13.1. The van der Waals surface area contributed by atoms with E-state index in [0.29, 0.717) is 0 Å². The Bertz CT molecular complexity index is 1340. The number of fused-ring (bicyclic) bond motifs is 2. The van der Waals surface area contributed by atoms with Crippen molar-refractivity contribution in [1.29, 1.82) is 0 Å². The van der Waals surface area contributed by atoms with Crippen LogP contribution in [0.4, 0.5) is 0 Å². The number of benzene rings is 2. The molecule has 5 aromatic rings. The van der Waals surface area contributed by atoms with Gasteiger partial charge in [0.1, 0.15) is 0 Å². The van der Waals surface area contributed by atoms with E-state index < -0.39 is 0 Å². The maximum absolute atomic E-state index is 4.64. The van der Waals surface area contributed by atoms with E-state index >= 15 is 0 Å². The summed E-state index contributed by atoms with van der Waals surface area (Å²) in [6.45, 7) is 2.83. The van der Waals surface area contributed by atoms with Gasteiger partial charge in [-0.2, -0.15) is 5.10 Å². The van der Waals surface area contributed by atoms with E-state index in [0.717, 1.165) is 47.7 Å². The van der Waals surface area contributed by atoms with Crippen molar-refractivity contribution in [1.82, 2.24) is 30.0 Å². The largest absolute Gasteiger partial charge is 0.357 e. The number of nitrogens with zero attached hydrogens (tertiary/aromatic N) is 3. The first-order valence-electron chi connectivity index (χ1n) is 11.1. The van der Waals surface area contributed by atoms with Gasteiger partial charge in [-0.05, 0) is 54.5 Å². The number of hydrogen-bond acceptors (Lipinski definition) is 3. The molecule has 0 bridgehead atoms. The number of hydrogen-bond donors (Lipinski definition) is 3. The van der Waals surface area contributed by atoms with Gasteiger partial charge in [0.15, 0.2) is 0 Å². The summed E-state index contributed by atoms with van der Waals surface area (Å²) in [5.74, 6) is 0.886. The fourth-order valence-corrected chi connectivity index (χ4v) is 4.52. The number of aromatic nitrogens is 5. The van der Waals surface area contributed by atoms with Crippen LogP contribution < -0.4 is 5.32 Å². The predicted molar refractivity (Wildman–Crippen MR) is 124 cm³/mol. The first-order chi connectivity index (χ1) is 15.3. The molecule has 1 saturated carbocycles. The summed E-state index contributed by atoms with van der Waals surface area (Å²) in [6.07, 6.45) is 10.0. The average molecular weight is 411 g/mol. The second-order valence-corrected chi connectivity index (χ2v) is 8.71. The molecule has 1 aliphatic rings. The van der Waals surface area contributed by atoms with Crippen molar-refractivity contribution in [2.45, 2.75) is 32.4 Å². The lowest BCUT2D eigenvalue weighted by molar-refractivity contribution is 0.301. The minimum atomic E-state index is 0.790. The van der Waals surface area contributed by atoms with Crippen LogP contribution >= 0.6 is 0 Å². The van der Waals surface area contributed by atoms with Gasteiger partial charge >= 0.3 is 0 Å². The van der Waals surface area contributed by atoms with Crippen molar-refractivity contribution in [2.75, 3.05) is 6.54 Å². The van der Waals surface area contributed by atoms with Crippen LogP contribution in [0.3, 0.4) is 0 Å². The van der Waals surface area contributed by atoms with Crippen molar-refractivity contribution < 1.29 is 0 Å². The lowest BCUT2D eigenvalue weighted by Gasteiger charge is -2.25. The molecule has 0 saturated heterocycles. The van der Waals surface area contributed by atoms with Crippen molar-refractivity contribution in [3.05, 3.63) is 72.4 Å². The predicted octanol–water partition coefficient (Wildman–Crippen LogP) is 4.85. The van der Waals surface area contributed by atoms with E-state index in [1.54, 1.807) is 0 Å². The molecule has 3 aromatic heterocycles. The molecule has 0 spiro atoms. The normalized spacial score (nSPS) is 14.5. The third kappa shape index (κ3) is 3.64. The molecule has 0 unspecified atom stereocenters. The number of rotatable bonds is 7. The van der Waals surface area contributed by atoms with Crippen LogP contribution in [-0.4, -0.2) is 31.3 Å². The lowest BCUT2D eigenvalue weighted by atomic mass is 9.85. The summed E-state index contributed by atoms with van der Waals surface area (Å²) in [4.78, 5) is 8.23. The molecule has 0 atom stereocenters. The Hall–Kier alpha value is -3.38. The minimum Gasteiger partial charge on any atom is -0.357 e. The van der Waals surface area contributed by atoms with Gasteiger partial charge in [-0.1, -0.05) is 30.7 Å². The zero-order valence-electron chi connectivity index (χ0n) is 17.4. The molecular formula is C25H26N6. The number of aromatic amines is 2. The van der Waals surface area contributed by atoms with E-state index in [2.05, 4.69) is 66.6 Å². The van der Waals surface area contributed by atoms with Gasteiger partial charge in [0.25, 0.3) is 0 Å². The summed E-state index contributed by atoms with van der Waals surface area (Å²) < 4.78 is 2.14. The van der Waals surface area contributed by atoms with E-state index in [9.17, 15) is 0 Å². The van der Waals surface area contributed by atoms with Gasteiger partial charge < -0.3 is 14.9 Å². The highest BCUT2D eigenvalue weighted by Gasteiger charge is 2.16. The smallest absolute Gasteiger partial charge is 0.0956 e. The van der Waals surface area contributed by atoms with Crippen molar-refractivity contribution in [2.24, 2.45) is 5.92 Å². The lowest BCUT2D eigenvalue weighted by Crippen LogP contribution is -2.26. The highest BCUT2D eigenvalue weighted by Crippen LogP contribution is 2.27. The molecule has 2 aromatic carbocycles. The number of H-pyrrole nitrogens is 2. The highest BCUT2D eigenvalue weighted by molar-refractivity contribution is 5.93. The Morgan fingerprint density at radius 1 is 1.10 bits per heavy atom. The maximum atomic E-state index is 4.64. The van der Waals surface area contributed by atoms with Crippen LogP contribution in [0.1, 0.15) is 30.5 Å². The fraction of sp³-hybridized carbons (Fsp3) is 0.280. The molecule has 3 heterocycles. The fourth-order valence-electron chi connectivity index (χ4n) is 4.52. The molecule has 6 nitrogen and oxygen atoms in total. The average Bonchev–Trinajstić information content (AvgIpc) is 3.48. The molecule has 1 fully saturated rings. The minimum absolute atomic E-state index is 0.790. The molecular weight excluding hydrogens is 384 g/mol. The molecule has 31 heavy (non-hydrogen) atoms. The highest BCUT2D eigenvalue weighted by atomic mass is 15.1. The summed E-state index contributed by atoms with van der Waals surface area (Å²) >= 11 is 0. The molecule has 0 radical (unpaired) electrons. The van der Waals surface area contributed by atoms with Crippen LogP contribution in [0.15, 0.2) is 61.2 Å². The van der Waals surface area contributed by atoms with E-state index in [-0.39, 0.29) is 0 Å². The quantitative estimate of drug-likeness (QED) is 0.359. The van der Waals surface area contributed by atoms with Crippen LogP contribution in [-0.2, 0) is 13.1 Å². The van der Waals surface area contributed by atoms with Crippen LogP contribution in [0.25, 0.3) is 33.1 Å². The van der Waals surface area contributed by atoms with Gasteiger partial charge in [-0.25, -0.2) is 4.98 Å². The molecule has 0 aliphatic heterocycles.